The van der Waals surface area contributed by atoms with Crippen LogP contribution in [0.4, 0.5) is 4.79 Å². The SMILES string of the molecule is C=C1CN(C(=O)NC2CCCCC2)C/C1=C(/N=C(N)N)c1cc(OC)c(Br)cc1Cl. The van der Waals surface area contributed by atoms with E-state index in [0.717, 1.165) is 36.8 Å². The van der Waals surface area contributed by atoms with Gasteiger partial charge in [0.25, 0.3) is 0 Å². The van der Waals surface area contributed by atoms with Crippen molar-refractivity contribution in [2.75, 3.05) is 20.2 Å². The van der Waals surface area contributed by atoms with Gasteiger partial charge in [-0.3, -0.25) is 0 Å². The molecule has 2 fully saturated rings. The van der Waals surface area contributed by atoms with Crippen LogP contribution in [0.25, 0.3) is 5.70 Å². The van der Waals surface area contributed by atoms with Gasteiger partial charge < -0.3 is 26.4 Å². The first-order valence-electron chi connectivity index (χ1n) is 9.90. The van der Waals surface area contributed by atoms with Crippen LogP contribution in [-0.4, -0.2) is 43.1 Å². The lowest BCUT2D eigenvalue weighted by Gasteiger charge is -2.25. The normalized spacial score (nSPS) is 18.9. The minimum absolute atomic E-state index is 0.0958. The summed E-state index contributed by atoms with van der Waals surface area (Å²) in [6.07, 6.45) is 5.59. The van der Waals surface area contributed by atoms with Crippen molar-refractivity contribution in [3.05, 3.63) is 44.9 Å². The number of rotatable bonds is 4. The third-order valence-electron chi connectivity index (χ3n) is 5.40. The number of guanidine groups is 1. The molecule has 0 aromatic heterocycles. The third-order valence-corrected chi connectivity index (χ3v) is 6.33. The number of halogens is 2. The van der Waals surface area contributed by atoms with Crippen molar-refractivity contribution >= 4 is 45.2 Å². The minimum Gasteiger partial charge on any atom is -0.496 e. The highest BCUT2D eigenvalue weighted by molar-refractivity contribution is 9.10. The van der Waals surface area contributed by atoms with E-state index in [4.69, 9.17) is 27.8 Å². The number of amides is 2. The molecule has 2 amide bonds. The predicted octanol–water partition coefficient (Wildman–Crippen LogP) is 4.01. The molecule has 0 bridgehead atoms. The monoisotopic (exact) mass is 495 g/mol. The third kappa shape index (κ3) is 5.10. The smallest absolute Gasteiger partial charge is 0.318 e. The van der Waals surface area contributed by atoms with Crippen LogP contribution in [0.2, 0.25) is 5.02 Å². The van der Waals surface area contributed by atoms with E-state index in [9.17, 15) is 4.79 Å². The molecule has 9 heteroatoms. The van der Waals surface area contributed by atoms with E-state index in [1.165, 1.54) is 6.42 Å². The van der Waals surface area contributed by atoms with Gasteiger partial charge in [-0.2, -0.15) is 0 Å². The van der Waals surface area contributed by atoms with E-state index in [-0.39, 0.29) is 18.0 Å². The average Bonchev–Trinajstić information content (AvgIpc) is 3.09. The molecule has 0 unspecified atom stereocenters. The summed E-state index contributed by atoms with van der Waals surface area (Å²) in [5.41, 5.74) is 14.0. The Morgan fingerprint density at radius 3 is 2.63 bits per heavy atom. The topological polar surface area (TPSA) is 106 Å². The highest BCUT2D eigenvalue weighted by Crippen LogP contribution is 2.38. The first-order chi connectivity index (χ1) is 14.3. The van der Waals surface area contributed by atoms with E-state index in [2.05, 4.69) is 32.8 Å². The van der Waals surface area contributed by atoms with E-state index in [1.54, 1.807) is 24.1 Å². The van der Waals surface area contributed by atoms with Crippen LogP contribution in [0.5, 0.6) is 5.75 Å². The van der Waals surface area contributed by atoms with Crippen molar-refractivity contribution in [2.24, 2.45) is 16.5 Å². The van der Waals surface area contributed by atoms with Crippen molar-refractivity contribution in [1.82, 2.24) is 10.2 Å². The Kier molecular flexibility index (Phi) is 7.31. The van der Waals surface area contributed by atoms with Gasteiger partial charge in [-0.25, -0.2) is 9.79 Å². The van der Waals surface area contributed by atoms with Gasteiger partial charge in [0.15, 0.2) is 5.96 Å². The molecule has 3 rings (SSSR count). The number of likely N-dealkylation sites (tertiary alicyclic amines) is 1. The maximum absolute atomic E-state index is 12.8. The summed E-state index contributed by atoms with van der Waals surface area (Å²) in [5, 5.41) is 3.60. The van der Waals surface area contributed by atoms with E-state index in [0.29, 0.717) is 39.6 Å². The number of carbonyl (C=O) groups is 1. The van der Waals surface area contributed by atoms with Crippen molar-refractivity contribution in [3.8, 4) is 5.75 Å². The Bertz CT molecular complexity index is 905. The van der Waals surface area contributed by atoms with Crippen LogP contribution >= 0.6 is 27.5 Å². The van der Waals surface area contributed by atoms with E-state index >= 15 is 0 Å². The number of nitrogens with one attached hydrogen (secondary N) is 1. The predicted molar refractivity (Wildman–Crippen MR) is 125 cm³/mol. The lowest BCUT2D eigenvalue weighted by atomic mass is 9.96. The molecule has 1 saturated carbocycles. The van der Waals surface area contributed by atoms with Crippen molar-refractivity contribution in [1.29, 1.82) is 0 Å². The Morgan fingerprint density at radius 1 is 1.30 bits per heavy atom. The molecule has 1 aromatic carbocycles. The fourth-order valence-corrected chi connectivity index (χ4v) is 4.76. The van der Waals surface area contributed by atoms with Crippen molar-refractivity contribution in [3.63, 3.8) is 0 Å². The van der Waals surface area contributed by atoms with Crippen LogP contribution in [0.1, 0.15) is 37.7 Å². The van der Waals surface area contributed by atoms with Crippen LogP contribution in [0, 0.1) is 0 Å². The molecule has 0 radical (unpaired) electrons. The first kappa shape index (κ1) is 22.5. The quantitative estimate of drug-likeness (QED) is 0.432. The molecule has 0 atom stereocenters. The molecule has 7 nitrogen and oxygen atoms in total. The van der Waals surface area contributed by atoms with Gasteiger partial charge in [0.1, 0.15) is 5.75 Å². The van der Waals surface area contributed by atoms with Gasteiger partial charge in [-0.1, -0.05) is 37.4 Å². The summed E-state index contributed by atoms with van der Waals surface area (Å²) < 4.78 is 6.11. The van der Waals surface area contributed by atoms with Gasteiger partial charge in [0, 0.05) is 23.7 Å². The largest absolute Gasteiger partial charge is 0.496 e. The molecule has 2 aliphatic rings. The zero-order valence-corrected chi connectivity index (χ0v) is 19.4. The van der Waals surface area contributed by atoms with Gasteiger partial charge in [-0.15, -0.1) is 0 Å². The van der Waals surface area contributed by atoms with Crippen molar-refractivity contribution < 1.29 is 9.53 Å². The Balaban J connectivity index is 1.93. The average molecular weight is 497 g/mol. The lowest BCUT2D eigenvalue weighted by Crippen LogP contribution is -2.44. The highest BCUT2D eigenvalue weighted by Gasteiger charge is 2.30. The number of aliphatic imine (C=N–C) groups is 1. The molecular formula is C21H27BrClN5O2. The Labute approximate surface area is 190 Å². The summed E-state index contributed by atoms with van der Waals surface area (Å²) in [6, 6.07) is 3.62. The van der Waals surface area contributed by atoms with Crippen molar-refractivity contribution in [2.45, 2.75) is 38.1 Å². The van der Waals surface area contributed by atoms with Gasteiger partial charge in [-0.05, 0) is 46.5 Å². The van der Waals surface area contributed by atoms with Gasteiger partial charge in [0.2, 0.25) is 0 Å². The fraction of sp³-hybridized carbons (Fsp3) is 0.429. The molecule has 1 heterocycles. The number of benzene rings is 1. The number of nitrogens with two attached hydrogens (primary N) is 2. The van der Waals surface area contributed by atoms with Gasteiger partial charge in [0.05, 0.1) is 28.8 Å². The number of urea groups is 1. The second-order valence-corrected chi connectivity index (χ2v) is 8.84. The van der Waals surface area contributed by atoms with Crippen LogP contribution < -0.4 is 21.5 Å². The van der Waals surface area contributed by atoms with E-state index < -0.39 is 0 Å². The number of carbonyl (C=O) groups excluding carboxylic acids is 1. The summed E-state index contributed by atoms with van der Waals surface area (Å²) in [5.74, 6) is 0.488. The summed E-state index contributed by atoms with van der Waals surface area (Å²) in [6.45, 7) is 4.90. The fourth-order valence-electron chi connectivity index (χ4n) is 3.87. The minimum atomic E-state index is -0.103. The standard InChI is InChI=1S/C21H27BrClN5O2/c1-12-10-28(21(29)26-13-6-4-3-5-7-13)11-15(12)19(27-20(24)25)14-8-18(30-2)16(22)9-17(14)23/h8-9,13H,1,3-7,10-11H2,2H3,(H,26,29)(H4,24,25,27)/b19-15-. The maximum Gasteiger partial charge on any atom is 0.318 e. The summed E-state index contributed by atoms with van der Waals surface area (Å²) >= 11 is 9.92. The van der Waals surface area contributed by atoms with Crippen LogP contribution in [0.3, 0.4) is 0 Å². The number of nitrogens with zero attached hydrogens (tertiary/aromatic N) is 2. The second kappa shape index (κ2) is 9.75. The van der Waals surface area contributed by atoms with Crippen LogP contribution in [0.15, 0.2) is 39.3 Å². The lowest BCUT2D eigenvalue weighted by molar-refractivity contribution is 0.202. The first-order valence-corrected chi connectivity index (χ1v) is 11.1. The number of hydrogen-bond acceptors (Lipinski definition) is 3. The highest BCUT2D eigenvalue weighted by atomic mass is 79.9. The summed E-state index contributed by atoms with van der Waals surface area (Å²) in [7, 11) is 1.57. The zero-order valence-electron chi connectivity index (χ0n) is 17.0. The molecule has 162 valence electrons. The second-order valence-electron chi connectivity index (χ2n) is 7.57. The molecule has 1 aliphatic carbocycles. The molecule has 1 aliphatic heterocycles. The Hall–Kier alpha value is -2.19. The molecular weight excluding hydrogens is 470 g/mol. The summed E-state index contributed by atoms with van der Waals surface area (Å²) in [4.78, 5) is 18.9. The molecule has 1 aromatic rings. The number of ether oxygens (including phenoxy) is 1. The molecule has 1 saturated heterocycles. The molecule has 30 heavy (non-hydrogen) atoms. The van der Waals surface area contributed by atoms with E-state index in [1.807, 2.05) is 0 Å². The maximum atomic E-state index is 12.8. The van der Waals surface area contributed by atoms with Crippen LogP contribution in [-0.2, 0) is 0 Å². The zero-order chi connectivity index (χ0) is 21.8. The van der Waals surface area contributed by atoms with Gasteiger partial charge >= 0.3 is 6.03 Å². The Morgan fingerprint density at radius 2 is 2.00 bits per heavy atom. The number of hydrogen-bond donors (Lipinski definition) is 3. The molecule has 5 N–H and O–H groups in total. The number of methoxy groups -OCH3 is 1. The molecule has 0 spiro atoms.